The van der Waals surface area contributed by atoms with Crippen LogP contribution in [0.3, 0.4) is 0 Å². The summed E-state index contributed by atoms with van der Waals surface area (Å²) in [7, 11) is 0. The number of rotatable bonds is 3. The van der Waals surface area contributed by atoms with Crippen LogP contribution in [0.1, 0.15) is 85.0 Å². The molecule has 172 valence electrons. The van der Waals surface area contributed by atoms with E-state index in [1.165, 1.54) is 31.3 Å². The molecular formula is C26H38ClNO3. The highest BCUT2D eigenvalue weighted by Gasteiger charge is 2.59. The van der Waals surface area contributed by atoms with Gasteiger partial charge in [-0.3, -0.25) is 9.59 Å². The van der Waals surface area contributed by atoms with Crippen molar-refractivity contribution in [3.63, 3.8) is 0 Å². The number of Topliss-reactive ketones (excluding diaryl/α,β-unsaturated/α-hetero) is 1. The van der Waals surface area contributed by atoms with Crippen molar-refractivity contribution in [2.75, 3.05) is 6.54 Å². The Bertz CT molecular complexity index is 796. The van der Waals surface area contributed by atoms with Gasteiger partial charge in [0.2, 0.25) is 0 Å². The van der Waals surface area contributed by atoms with E-state index in [4.69, 9.17) is 16.5 Å². The number of carbonyl (C=O) groups excluding carboxylic acids is 2. The summed E-state index contributed by atoms with van der Waals surface area (Å²) in [5, 5.41) is 0. The molecule has 5 aliphatic rings. The third-order valence-electron chi connectivity index (χ3n) is 10.3. The van der Waals surface area contributed by atoms with Crippen molar-refractivity contribution in [2.45, 2.75) is 97.1 Å². The SMILES string of the molecule is CC(=O)[C@H]1CCC2C3CCC4=C[C@@H](OC(=O)[C@@H]5CCCN5Cl)CC[C@]4(C)C3CC[C@@]21C. The number of ketones is 1. The summed E-state index contributed by atoms with van der Waals surface area (Å²) in [5.74, 6) is 2.68. The van der Waals surface area contributed by atoms with Gasteiger partial charge in [0.25, 0.3) is 0 Å². The van der Waals surface area contributed by atoms with E-state index >= 15 is 0 Å². The van der Waals surface area contributed by atoms with Gasteiger partial charge >= 0.3 is 5.97 Å². The Hall–Kier alpha value is -0.870. The van der Waals surface area contributed by atoms with Crippen molar-refractivity contribution in [3.8, 4) is 0 Å². The van der Waals surface area contributed by atoms with Crippen LogP contribution < -0.4 is 0 Å². The second-order valence-electron chi connectivity index (χ2n) is 11.6. The highest BCUT2D eigenvalue weighted by Crippen LogP contribution is 2.66. The minimum Gasteiger partial charge on any atom is -0.457 e. The maximum Gasteiger partial charge on any atom is 0.325 e. The van der Waals surface area contributed by atoms with Gasteiger partial charge in [0, 0.05) is 12.5 Å². The first-order valence-electron chi connectivity index (χ1n) is 12.6. The lowest BCUT2D eigenvalue weighted by Crippen LogP contribution is -2.51. The first-order chi connectivity index (χ1) is 14.7. The van der Waals surface area contributed by atoms with Crippen molar-refractivity contribution in [3.05, 3.63) is 11.6 Å². The van der Waals surface area contributed by atoms with Crippen molar-refractivity contribution in [1.82, 2.24) is 4.42 Å². The van der Waals surface area contributed by atoms with E-state index in [-0.39, 0.29) is 34.9 Å². The van der Waals surface area contributed by atoms with Crippen LogP contribution in [-0.4, -0.2) is 34.9 Å². The maximum absolute atomic E-state index is 12.6. The monoisotopic (exact) mass is 447 g/mol. The molecule has 31 heavy (non-hydrogen) atoms. The topological polar surface area (TPSA) is 46.6 Å². The second-order valence-corrected chi connectivity index (χ2v) is 12.0. The van der Waals surface area contributed by atoms with E-state index in [0.717, 1.165) is 51.0 Å². The fourth-order valence-electron chi connectivity index (χ4n) is 8.65. The van der Waals surface area contributed by atoms with Crippen LogP contribution in [0.15, 0.2) is 11.6 Å². The van der Waals surface area contributed by atoms with E-state index in [2.05, 4.69) is 19.9 Å². The first-order valence-corrected chi connectivity index (χ1v) is 12.9. The van der Waals surface area contributed by atoms with E-state index < -0.39 is 0 Å². The molecule has 0 N–H and O–H groups in total. The Morgan fingerprint density at radius 1 is 1.06 bits per heavy atom. The lowest BCUT2D eigenvalue weighted by Gasteiger charge is -2.58. The Balaban J connectivity index is 1.32. The lowest BCUT2D eigenvalue weighted by molar-refractivity contribution is -0.152. The molecule has 0 aromatic carbocycles. The first kappa shape index (κ1) is 21.9. The molecule has 0 radical (unpaired) electrons. The molecule has 0 aromatic heterocycles. The van der Waals surface area contributed by atoms with Gasteiger partial charge in [-0.1, -0.05) is 19.4 Å². The highest BCUT2D eigenvalue weighted by atomic mass is 35.5. The summed E-state index contributed by atoms with van der Waals surface area (Å²) in [6, 6.07) is -0.281. The number of fused-ring (bicyclic) bond motifs is 5. The Morgan fingerprint density at radius 3 is 2.58 bits per heavy atom. The molecule has 8 atom stereocenters. The molecule has 1 saturated heterocycles. The number of allylic oxidation sites excluding steroid dienone is 1. The summed E-state index contributed by atoms with van der Waals surface area (Å²) in [4.78, 5) is 25.0. The predicted octanol–water partition coefficient (Wildman–Crippen LogP) is 5.68. The van der Waals surface area contributed by atoms with Gasteiger partial charge in [-0.2, -0.15) is 0 Å². The van der Waals surface area contributed by atoms with Crippen LogP contribution in [0.4, 0.5) is 0 Å². The second kappa shape index (κ2) is 7.87. The average molecular weight is 448 g/mol. The van der Waals surface area contributed by atoms with E-state index in [0.29, 0.717) is 17.6 Å². The molecule has 3 saturated carbocycles. The molecule has 0 amide bonds. The number of hydrogen-bond donors (Lipinski definition) is 0. The summed E-state index contributed by atoms with van der Waals surface area (Å²) in [6.07, 6.45) is 13.1. The van der Waals surface area contributed by atoms with E-state index in [9.17, 15) is 9.59 Å². The third kappa shape index (κ3) is 3.42. The molecule has 0 aromatic rings. The van der Waals surface area contributed by atoms with Gasteiger partial charge < -0.3 is 4.74 Å². The molecule has 5 rings (SSSR count). The van der Waals surface area contributed by atoms with Crippen LogP contribution in [0.25, 0.3) is 0 Å². The smallest absolute Gasteiger partial charge is 0.325 e. The third-order valence-corrected chi connectivity index (χ3v) is 10.7. The molecule has 1 heterocycles. The molecule has 4 nitrogen and oxygen atoms in total. The van der Waals surface area contributed by atoms with Crippen molar-refractivity contribution in [2.24, 2.45) is 34.5 Å². The van der Waals surface area contributed by atoms with Crippen molar-refractivity contribution < 1.29 is 14.3 Å². The van der Waals surface area contributed by atoms with Crippen LogP contribution in [0.5, 0.6) is 0 Å². The van der Waals surface area contributed by atoms with Gasteiger partial charge in [0.15, 0.2) is 0 Å². The van der Waals surface area contributed by atoms with Crippen LogP contribution >= 0.6 is 11.8 Å². The van der Waals surface area contributed by atoms with Gasteiger partial charge in [-0.05, 0) is 118 Å². The number of hydrogen-bond acceptors (Lipinski definition) is 4. The predicted molar refractivity (Wildman–Crippen MR) is 121 cm³/mol. The summed E-state index contributed by atoms with van der Waals surface area (Å²) >= 11 is 6.18. The van der Waals surface area contributed by atoms with Gasteiger partial charge in [-0.25, -0.2) is 4.42 Å². The van der Waals surface area contributed by atoms with Crippen LogP contribution in [0, 0.1) is 34.5 Å². The minimum absolute atomic E-state index is 0.0970. The van der Waals surface area contributed by atoms with E-state index in [1.807, 2.05) is 6.92 Å². The summed E-state index contributed by atoms with van der Waals surface area (Å²) in [6.45, 7) is 7.47. The zero-order chi connectivity index (χ0) is 22.0. The Morgan fingerprint density at radius 2 is 1.87 bits per heavy atom. The fourth-order valence-corrected chi connectivity index (χ4v) is 8.95. The zero-order valence-corrected chi connectivity index (χ0v) is 20.1. The number of esters is 1. The molecule has 5 heteroatoms. The molecule has 0 bridgehead atoms. The number of nitrogens with zero attached hydrogens (tertiary/aromatic N) is 1. The largest absolute Gasteiger partial charge is 0.457 e. The molecule has 1 aliphatic heterocycles. The zero-order valence-electron chi connectivity index (χ0n) is 19.4. The highest BCUT2D eigenvalue weighted by molar-refractivity contribution is 6.15. The van der Waals surface area contributed by atoms with Crippen LogP contribution in [0.2, 0.25) is 0 Å². The summed E-state index contributed by atoms with van der Waals surface area (Å²) < 4.78 is 7.54. The van der Waals surface area contributed by atoms with Crippen molar-refractivity contribution in [1.29, 1.82) is 0 Å². The lowest BCUT2D eigenvalue weighted by atomic mass is 9.46. The molecular weight excluding hydrogens is 410 g/mol. The quantitative estimate of drug-likeness (QED) is 0.317. The Kier molecular flexibility index (Phi) is 5.57. The average Bonchev–Trinajstić information content (AvgIpc) is 3.31. The number of carbonyl (C=O) groups is 2. The minimum atomic E-state index is -0.281. The molecule has 4 fully saturated rings. The Labute approximate surface area is 192 Å². The number of ether oxygens (including phenoxy) is 1. The molecule has 4 aliphatic carbocycles. The normalized spacial score (nSPS) is 47.2. The fraction of sp³-hybridized carbons (Fsp3) is 0.846. The molecule has 0 spiro atoms. The van der Waals surface area contributed by atoms with Gasteiger partial charge in [0.05, 0.1) is 0 Å². The van der Waals surface area contributed by atoms with Crippen LogP contribution in [-0.2, 0) is 14.3 Å². The van der Waals surface area contributed by atoms with Gasteiger partial charge in [-0.15, -0.1) is 0 Å². The standard InChI is InChI=1S/C26H38ClNO3/c1-16(29)20-8-9-21-19-7-6-17-15-18(31-24(30)23-5-4-14-28(23)27)10-12-25(17,2)22(19)11-13-26(20,21)3/h15,18-23H,4-14H2,1-3H3/t18-,19?,20+,21?,22?,23-,25-,26+/m0/s1. The van der Waals surface area contributed by atoms with E-state index in [1.54, 1.807) is 4.42 Å². The van der Waals surface area contributed by atoms with Gasteiger partial charge in [0.1, 0.15) is 17.9 Å². The summed E-state index contributed by atoms with van der Waals surface area (Å²) in [5.41, 5.74) is 1.97. The maximum atomic E-state index is 12.6. The molecule has 3 unspecified atom stereocenters. The number of halogens is 1. The van der Waals surface area contributed by atoms with Crippen molar-refractivity contribution >= 4 is 23.5 Å².